The van der Waals surface area contributed by atoms with Crippen molar-refractivity contribution in [3.63, 3.8) is 0 Å². The number of hydrogen-bond donors (Lipinski definition) is 3. The Morgan fingerprint density at radius 2 is 2.44 bits per heavy atom. The summed E-state index contributed by atoms with van der Waals surface area (Å²) < 4.78 is 0. The largest absolute Gasteiger partial charge is 0.316 e. The van der Waals surface area contributed by atoms with Gasteiger partial charge in [-0.15, -0.1) is 0 Å². The Kier molecular flexibility index (Phi) is 4.36. The first-order chi connectivity index (χ1) is 8.65. The van der Waals surface area contributed by atoms with Gasteiger partial charge >= 0.3 is 0 Å². The summed E-state index contributed by atoms with van der Waals surface area (Å²) >= 11 is 0. The molecule has 1 aliphatic heterocycles. The predicted molar refractivity (Wildman–Crippen MR) is 71.5 cm³/mol. The highest BCUT2D eigenvalue weighted by Crippen LogP contribution is 2.17. The van der Waals surface area contributed by atoms with E-state index in [-0.39, 0.29) is 5.91 Å². The molecule has 1 saturated heterocycles. The van der Waals surface area contributed by atoms with Gasteiger partial charge in [0.15, 0.2) is 5.82 Å². The van der Waals surface area contributed by atoms with Crippen molar-refractivity contribution in [2.75, 3.05) is 18.4 Å². The summed E-state index contributed by atoms with van der Waals surface area (Å²) in [5.74, 6) is 1.55. The Balaban J connectivity index is 1.82. The second-order valence-corrected chi connectivity index (χ2v) is 5.33. The SMILES string of the molecule is CC(C)c1cc(NC(=O)CC2CCCNC2)n[nH]1. The van der Waals surface area contributed by atoms with Gasteiger partial charge in [-0.05, 0) is 37.8 Å². The fourth-order valence-corrected chi connectivity index (χ4v) is 2.25. The van der Waals surface area contributed by atoms with Crippen LogP contribution in [0.25, 0.3) is 0 Å². The van der Waals surface area contributed by atoms with Gasteiger partial charge in [0.05, 0.1) is 0 Å². The van der Waals surface area contributed by atoms with Crippen LogP contribution in [0.5, 0.6) is 0 Å². The van der Waals surface area contributed by atoms with Crippen molar-refractivity contribution in [2.45, 2.75) is 39.0 Å². The highest BCUT2D eigenvalue weighted by atomic mass is 16.1. The third kappa shape index (κ3) is 3.57. The minimum atomic E-state index is 0.0607. The van der Waals surface area contributed by atoms with Crippen molar-refractivity contribution in [1.29, 1.82) is 0 Å². The van der Waals surface area contributed by atoms with E-state index in [1.54, 1.807) is 0 Å². The Hall–Kier alpha value is -1.36. The van der Waals surface area contributed by atoms with E-state index in [1.807, 2.05) is 6.07 Å². The molecule has 0 saturated carbocycles. The van der Waals surface area contributed by atoms with Gasteiger partial charge in [-0.25, -0.2) is 0 Å². The van der Waals surface area contributed by atoms with E-state index in [9.17, 15) is 4.79 Å². The summed E-state index contributed by atoms with van der Waals surface area (Å²) in [7, 11) is 0. The lowest BCUT2D eigenvalue weighted by atomic mass is 9.96. The van der Waals surface area contributed by atoms with Crippen molar-refractivity contribution in [3.05, 3.63) is 11.8 Å². The zero-order chi connectivity index (χ0) is 13.0. The van der Waals surface area contributed by atoms with Gasteiger partial charge in [0.2, 0.25) is 5.91 Å². The molecule has 2 rings (SSSR count). The van der Waals surface area contributed by atoms with E-state index in [2.05, 4.69) is 34.7 Å². The quantitative estimate of drug-likeness (QED) is 0.764. The summed E-state index contributed by atoms with van der Waals surface area (Å²) in [6, 6.07) is 1.90. The number of aromatic nitrogens is 2. The van der Waals surface area contributed by atoms with E-state index in [4.69, 9.17) is 0 Å². The third-order valence-electron chi connectivity index (χ3n) is 3.36. The number of aromatic amines is 1. The number of carbonyl (C=O) groups excluding carboxylic acids is 1. The monoisotopic (exact) mass is 250 g/mol. The zero-order valence-electron chi connectivity index (χ0n) is 11.1. The van der Waals surface area contributed by atoms with Crippen LogP contribution in [0.15, 0.2) is 6.07 Å². The summed E-state index contributed by atoms with van der Waals surface area (Å²) in [6.45, 7) is 6.21. The van der Waals surface area contributed by atoms with Crippen LogP contribution in [0.4, 0.5) is 5.82 Å². The first-order valence-electron chi connectivity index (χ1n) is 6.71. The van der Waals surface area contributed by atoms with Gasteiger partial charge in [-0.2, -0.15) is 5.10 Å². The summed E-state index contributed by atoms with van der Waals surface area (Å²) in [5, 5.41) is 13.2. The molecule has 5 nitrogen and oxygen atoms in total. The minimum absolute atomic E-state index is 0.0607. The van der Waals surface area contributed by atoms with Gasteiger partial charge in [-0.3, -0.25) is 9.89 Å². The highest BCUT2D eigenvalue weighted by Gasteiger charge is 2.17. The lowest BCUT2D eigenvalue weighted by Crippen LogP contribution is -2.32. The fourth-order valence-electron chi connectivity index (χ4n) is 2.25. The fraction of sp³-hybridized carbons (Fsp3) is 0.692. The number of H-pyrrole nitrogens is 1. The van der Waals surface area contributed by atoms with Gasteiger partial charge in [0.25, 0.3) is 0 Å². The molecule has 1 unspecified atom stereocenters. The Labute approximate surface area is 108 Å². The highest BCUT2D eigenvalue weighted by molar-refractivity contribution is 5.89. The number of anilines is 1. The smallest absolute Gasteiger partial charge is 0.225 e. The van der Waals surface area contributed by atoms with Gasteiger partial charge in [0, 0.05) is 18.2 Å². The Bertz CT molecular complexity index is 393. The number of amides is 1. The summed E-state index contributed by atoms with van der Waals surface area (Å²) in [6.07, 6.45) is 2.88. The van der Waals surface area contributed by atoms with Crippen molar-refractivity contribution < 1.29 is 4.79 Å². The molecule has 1 amide bonds. The Morgan fingerprint density at radius 1 is 1.61 bits per heavy atom. The number of piperidine rings is 1. The minimum Gasteiger partial charge on any atom is -0.316 e. The molecule has 0 spiro atoms. The number of hydrogen-bond acceptors (Lipinski definition) is 3. The molecular formula is C13H22N4O. The molecule has 1 aromatic heterocycles. The molecular weight excluding hydrogens is 228 g/mol. The number of nitrogens with zero attached hydrogens (tertiary/aromatic N) is 1. The van der Waals surface area contributed by atoms with Crippen molar-refractivity contribution >= 4 is 11.7 Å². The normalized spacial score (nSPS) is 20.1. The predicted octanol–water partition coefficient (Wildman–Crippen LogP) is 1.86. The van der Waals surface area contributed by atoms with Crippen molar-refractivity contribution in [3.8, 4) is 0 Å². The van der Waals surface area contributed by atoms with Gasteiger partial charge < -0.3 is 10.6 Å². The molecule has 1 fully saturated rings. The molecule has 5 heteroatoms. The maximum absolute atomic E-state index is 11.9. The number of carbonyl (C=O) groups is 1. The van der Waals surface area contributed by atoms with Crippen LogP contribution in [0.2, 0.25) is 0 Å². The maximum Gasteiger partial charge on any atom is 0.225 e. The molecule has 0 bridgehead atoms. The first-order valence-corrected chi connectivity index (χ1v) is 6.71. The van der Waals surface area contributed by atoms with E-state index in [0.29, 0.717) is 24.1 Å². The van der Waals surface area contributed by atoms with E-state index in [1.165, 1.54) is 0 Å². The maximum atomic E-state index is 11.9. The van der Waals surface area contributed by atoms with E-state index < -0.39 is 0 Å². The molecule has 2 heterocycles. The molecule has 100 valence electrons. The molecule has 18 heavy (non-hydrogen) atoms. The zero-order valence-corrected chi connectivity index (χ0v) is 11.1. The first kappa shape index (κ1) is 13.1. The summed E-state index contributed by atoms with van der Waals surface area (Å²) in [4.78, 5) is 11.9. The second-order valence-electron chi connectivity index (χ2n) is 5.33. The van der Waals surface area contributed by atoms with Crippen LogP contribution in [0.1, 0.15) is 44.7 Å². The molecule has 3 N–H and O–H groups in total. The standard InChI is InChI=1S/C13H22N4O/c1-9(2)11-7-12(17-16-11)15-13(18)6-10-4-3-5-14-8-10/h7,9-10,14H,3-6,8H2,1-2H3,(H2,15,16,17,18). The molecule has 1 aromatic rings. The molecule has 0 aromatic carbocycles. The second kappa shape index (κ2) is 6.00. The van der Waals surface area contributed by atoms with Gasteiger partial charge in [0.1, 0.15) is 0 Å². The average Bonchev–Trinajstić information content (AvgIpc) is 2.78. The lowest BCUT2D eigenvalue weighted by molar-refractivity contribution is -0.117. The third-order valence-corrected chi connectivity index (χ3v) is 3.36. The van der Waals surface area contributed by atoms with Crippen LogP contribution >= 0.6 is 0 Å². The number of rotatable bonds is 4. The van der Waals surface area contributed by atoms with Crippen LogP contribution < -0.4 is 10.6 Å². The lowest BCUT2D eigenvalue weighted by Gasteiger charge is -2.21. The molecule has 1 atom stereocenters. The molecule has 0 aliphatic carbocycles. The summed E-state index contributed by atoms with van der Waals surface area (Å²) in [5.41, 5.74) is 1.05. The van der Waals surface area contributed by atoms with Crippen molar-refractivity contribution in [1.82, 2.24) is 15.5 Å². The topological polar surface area (TPSA) is 69.8 Å². The van der Waals surface area contributed by atoms with E-state index >= 15 is 0 Å². The van der Waals surface area contributed by atoms with Crippen LogP contribution in [0.3, 0.4) is 0 Å². The van der Waals surface area contributed by atoms with Crippen LogP contribution in [-0.4, -0.2) is 29.2 Å². The van der Waals surface area contributed by atoms with Crippen molar-refractivity contribution in [2.24, 2.45) is 5.92 Å². The van der Waals surface area contributed by atoms with Crippen LogP contribution in [0, 0.1) is 5.92 Å². The number of nitrogens with one attached hydrogen (secondary N) is 3. The van der Waals surface area contributed by atoms with E-state index in [0.717, 1.165) is 31.6 Å². The molecule has 0 radical (unpaired) electrons. The molecule has 1 aliphatic rings. The average molecular weight is 250 g/mol. The van der Waals surface area contributed by atoms with Crippen LogP contribution in [-0.2, 0) is 4.79 Å². The Morgan fingerprint density at radius 3 is 3.06 bits per heavy atom. The van der Waals surface area contributed by atoms with Gasteiger partial charge in [-0.1, -0.05) is 13.8 Å².